The maximum atomic E-state index is 12.6. The highest BCUT2D eigenvalue weighted by atomic mass is 16.5. The second-order valence-corrected chi connectivity index (χ2v) is 8.25. The maximum Gasteiger partial charge on any atom is 0.246 e. The molecule has 0 radical (unpaired) electrons. The Labute approximate surface area is 180 Å². The zero-order valence-electron chi connectivity index (χ0n) is 18.1. The van der Waals surface area contributed by atoms with Gasteiger partial charge in [-0.25, -0.2) is 0 Å². The molecular weight excluding hydrogens is 376 g/mol. The smallest absolute Gasteiger partial charge is 0.246 e. The van der Waals surface area contributed by atoms with E-state index in [2.05, 4.69) is 24.1 Å². The number of nitrogens with one attached hydrogen (secondary N) is 1. The fourth-order valence-corrected chi connectivity index (χ4v) is 3.93. The van der Waals surface area contributed by atoms with Crippen molar-refractivity contribution in [3.63, 3.8) is 0 Å². The van der Waals surface area contributed by atoms with Crippen LogP contribution < -0.4 is 5.32 Å². The standard InChI is InChI=1S/C25H34N2O3/c1-20(2)17-23(27-13-15-29-16-14-27)18-26-24(28)19-30-25(21-9-5-3-6-10-21)22-11-7-4-8-12-22/h3-12,20,23,25H,13-19H2,1-2H3,(H,26,28). The van der Waals surface area contributed by atoms with E-state index in [0.717, 1.165) is 43.9 Å². The molecule has 1 N–H and O–H groups in total. The normalized spacial score (nSPS) is 16.0. The van der Waals surface area contributed by atoms with E-state index < -0.39 is 0 Å². The third-order valence-electron chi connectivity index (χ3n) is 5.43. The molecule has 1 heterocycles. The first-order chi connectivity index (χ1) is 14.6. The first-order valence-electron chi connectivity index (χ1n) is 10.9. The maximum absolute atomic E-state index is 12.6. The number of carbonyl (C=O) groups excluding carboxylic acids is 1. The molecule has 1 unspecified atom stereocenters. The summed E-state index contributed by atoms with van der Waals surface area (Å²) in [6, 6.07) is 20.4. The van der Waals surface area contributed by atoms with Gasteiger partial charge in [0.05, 0.1) is 13.2 Å². The molecule has 0 aromatic heterocycles. The second kappa shape index (κ2) is 11.8. The summed E-state index contributed by atoms with van der Waals surface area (Å²) >= 11 is 0. The van der Waals surface area contributed by atoms with Crippen LogP contribution in [0.5, 0.6) is 0 Å². The molecule has 1 atom stereocenters. The van der Waals surface area contributed by atoms with Crippen LogP contribution in [0.15, 0.2) is 60.7 Å². The predicted octanol–water partition coefficient (Wildman–Crippen LogP) is 3.66. The highest BCUT2D eigenvalue weighted by Crippen LogP contribution is 2.25. The molecule has 2 aromatic rings. The Morgan fingerprint density at radius 3 is 2.10 bits per heavy atom. The Bertz CT molecular complexity index is 706. The van der Waals surface area contributed by atoms with Crippen LogP contribution in [0.2, 0.25) is 0 Å². The summed E-state index contributed by atoms with van der Waals surface area (Å²) in [4.78, 5) is 15.0. The lowest BCUT2D eigenvalue weighted by Gasteiger charge is -2.35. The van der Waals surface area contributed by atoms with Gasteiger partial charge >= 0.3 is 0 Å². The lowest BCUT2D eigenvalue weighted by Crippen LogP contribution is -2.49. The molecule has 0 spiro atoms. The van der Waals surface area contributed by atoms with E-state index in [4.69, 9.17) is 9.47 Å². The molecule has 30 heavy (non-hydrogen) atoms. The van der Waals surface area contributed by atoms with Crippen molar-refractivity contribution in [3.8, 4) is 0 Å². The van der Waals surface area contributed by atoms with Gasteiger partial charge in [-0.1, -0.05) is 74.5 Å². The third-order valence-corrected chi connectivity index (χ3v) is 5.43. The highest BCUT2D eigenvalue weighted by molar-refractivity contribution is 5.77. The number of morpholine rings is 1. The van der Waals surface area contributed by atoms with Crippen molar-refractivity contribution in [3.05, 3.63) is 71.8 Å². The van der Waals surface area contributed by atoms with Crippen LogP contribution in [0.3, 0.4) is 0 Å². The summed E-state index contributed by atoms with van der Waals surface area (Å²) in [5, 5.41) is 3.10. The number of ether oxygens (including phenoxy) is 2. The zero-order valence-corrected chi connectivity index (χ0v) is 18.1. The predicted molar refractivity (Wildman–Crippen MR) is 119 cm³/mol. The number of nitrogens with zero attached hydrogens (tertiary/aromatic N) is 1. The first kappa shape index (κ1) is 22.5. The minimum absolute atomic E-state index is 0.0337. The molecule has 1 saturated heterocycles. The van der Waals surface area contributed by atoms with Gasteiger partial charge in [-0.3, -0.25) is 9.69 Å². The van der Waals surface area contributed by atoms with Crippen LogP contribution in [0.25, 0.3) is 0 Å². The summed E-state index contributed by atoms with van der Waals surface area (Å²) in [7, 11) is 0. The Balaban J connectivity index is 1.57. The van der Waals surface area contributed by atoms with Gasteiger partial charge in [-0.05, 0) is 23.5 Å². The van der Waals surface area contributed by atoms with E-state index in [1.165, 1.54) is 0 Å². The molecule has 1 amide bonds. The largest absolute Gasteiger partial charge is 0.379 e. The van der Waals surface area contributed by atoms with Gasteiger partial charge in [0.25, 0.3) is 0 Å². The summed E-state index contributed by atoms with van der Waals surface area (Å²) < 4.78 is 11.6. The van der Waals surface area contributed by atoms with Crippen LogP contribution in [-0.2, 0) is 14.3 Å². The molecule has 162 valence electrons. The number of rotatable bonds is 10. The van der Waals surface area contributed by atoms with Crippen molar-refractivity contribution in [1.29, 1.82) is 0 Å². The number of amides is 1. The monoisotopic (exact) mass is 410 g/mol. The van der Waals surface area contributed by atoms with Gasteiger partial charge in [0, 0.05) is 25.7 Å². The molecule has 5 nitrogen and oxygen atoms in total. The van der Waals surface area contributed by atoms with Gasteiger partial charge in [0.15, 0.2) is 0 Å². The second-order valence-electron chi connectivity index (χ2n) is 8.25. The molecule has 1 fully saturated rings. The third kappa shape index (κ3) is 6.94. The fourth-order valence-electron chi connectivity index (χ4n) is 3.93. The summed E-state index contributed by atoms with van der Waals surface area (Å²) in [5.41, 5.74) is 2.09. The van der Waals surface area contributed by atoms with Gasteiger partial charge in [0.2, 0.25) is 5.91 Å². The molecule has 0 bridgehead atoms. The summed E-state index contributed by atoms with van der Waals surface area (Å²) in [5.74, 6) is 0.500. The van der Waals surface area contributed by atoms with Crippen LogP contribution in [-0.4, -0.2) is 56.3 Å². The van der Waals surface area contributed by atoms with Crippen molar-refractivity contribution in [1.82, 2.24) is 10.2 Å². The van der Waals surface area contributed by atoms with Gasteiger partial charge in [-0.2, -0.15) is 0 Å². The Kier molecular flexibility index (Phi) is 8.87. The summed E-state index contributed by atoms with van der Waals surface area (Å²) in [6.45, 7) is 8.50. The molecule has 2 aromatic carbocycles. The fraction of sp³-hybridized carbons (Fsp3) is 0.480. The van der Waals surface area contributed by atoms with Crippen molar-refractivity contribution in [2.24, 2.45) is 5.92 Å². The number of hydrogen-bond acceptors (Lipinski definition) is 4. The molecule has 5 heteroatoms. The average molecular weight is 411 g/mol. The SMILES string of the molecule is CC(C)CC(CNC(=O)COC(c1ccccc1)c1ccccc1)N1CCOCC1. The van der Waals surface area contributed by atoms with Crippen molar-refractivity contribution in [2.75, 3.05) is 39.5 Å². The minimum atomic E-state index is -0.260. The topological polar surface area (TPSA) is 50.8 Å². The Morgan fingerprint density at radius 1 is 1.00 bits per heavy atom. The van der Waals surface area contributed by atoms with E-state index in [-0.39, 0.29) is 18.6 Å². The van der Waals surface area contributed by atoms with E-state index in [0.29, 0.717) is 18.5 Å². The lowest BCUT2D eigenvalue weighted by atomic mass is 10.0. The molecular formula is C25H34N2O3. The van der Waals surface area contributed by atoms with E-state index in [1.807, 2.05) is 60.7 Å². The number of benzene rings is 2. The van der Waals surface area contributed by atoms with Crippen LogP contribution in [0.4, 0.5) is 0 Å². The zero-order chi connectivity index (χ0) is 21.2. The first-order valence-corrected chi connectivity index (χ1v) is 10.9. The van der Waals surface area contributed by atoms with Crippen molar-refractivity contribution >= 4 is 5.91 Å². The molecule has 0 saturated carbocycles. The van der Waals surface area contributed by atoms with E-state index in [9.17, 15) is 4.79 Å². The Morgan fingerprint density at radius 2 is 1.57 bits per heavy atom. The molecule has 0 aliphatic carbocycles. The van der Waals surface area contributed by atoms with Gasteiger partial charge < -0.3 is 14.8 Å². The molecule has 3 rings (SSSR count). The quantitative estimate of drug-likeness (QED) is 0.650. The highest BCUT2D eigenvalue weighted by Gasteiger charge is 2.23. The molecule has 1 aliphatic rings. The lowest BCUT2D eigenvalue weighted by molar-refractivity contribution is -0.127. The Hall–Kier alpha value is -2.21. The van der Waals surface area contributed by atoms with Gasteiger partial charge in [0.1, 0.15) is 12.7 Å². The summed E-state index contributed by atoms with van der Waals surface area (Å²) in [6.07, 6.45) is 0.793. The minimum Gasteiger partial charge on any atom is -0.379 e. The van der Waals surface area contributed by atoms with Crippen LogP contribution >= 0.6 is 0 Å². The van der Waals surface area contributed by atoms with Crippen molar-refractivity contribution < 1.29 is 14.3 Å². The number of hydrogen-bond donors (Lipinski definition) is 1. The van der Waals surface area contributed by atoms with Crippen LogP contribution in [0.1, 0.15) is 37.5 Å². The van der Waals surface area contributed by atoms with E-state index >= 15 is 0 Å². The number of carbonyl (C=O) groups is 1. The average Bonchev–Trinajstić information content (AvgIpc) is 2.78. The van der Waals surface area contributed by atoms with Gasteiger partial charge in [-0.15, -0.1) is 0 Å². The molecule has 1 aliphatic heterocycles. The van der Waals surface area contributed by atoms with Crippen LogP contribution in [0, 0.1) is 5.92 Å². The van der Waals surface area contributed by atoms with E-state index in [1.54, 1.807) is 0 Å². The van der Waals surface area contributed by atoms with Crippen molar-refractivity contribution in [2.45, 2.75) is 32.4 Å².